The van der Waals surface area contributed by atoms with Crippen molar-refractivity contribution in [2.45, 2.75) is 19.3 Å². The molecule has 0 aliphatic heterocycles. The minimum Gasteiger partial charge on any atom is -0.355 e. The van der Waals surface area contributed by atoms with Gasteiger partial charge in [0.1, 0.15) is 0 Å². The summed E-state index contributed by atoms with van der Waals surface area (Å²) in [5.41, 5.74) is 10.6. The predicted octanol–water partition coefficient (Wildman–Crippen LogP) is -1.61. The van der Waals surface area contributed by atoms with Crippen molar-refractivity contribution in [3.05, 3.63) is 0 Å². The molecule has 1 unspecified atom stereocenters. The van der Waals surface area contributed by atoms with Crippen molar-refractivity contribution in [3.8, 4) is 0 Å². The zero-order chi connectivity index (χ0) is 14.5. The van der Waals surface area contributed by atoms with E-state index in [1.807, 2.05) is 0 Å². The largest absolute Gasteiger partial charge is 0.355 e. The van der Waals surface area contributed by atoms with Crippen molar-refractivity contribution in [2.75, 3.05) is 37.7 Å². The maximum absolute atomic E-state index is 11.3. The number of hydrogen-bond donors (Lipinski definition) is 4. The summed E-state index contributed by atoms with van der Waals surface area (Å²) in [4.78, 5) is 22.6. The fourth-order valence-electron chi connectivity index (χ4n) is 1.30. The number of carbonyl (C=O) groups is 2. The van der Waals surface area contributed by atoms with Crippen LogP contribution in [0.25, 0.3) is 0 Å². The van der Waals surface area contributed by atoms with Gasteiger partial charge in [-0.1, -0.05) is 11.2 Å². The van der Waals surface area contributed by atoms with Crippen LogP contribution in [0, 0.1) is 0 Å². The standard InChI is InChI=1S/C11H24N4O2S2/c12-4-6-14-10(16)2-1-8-19(18)9-3-11(17)15-7-5-13/h1-9,12-13H2,(H,14,16)(H,15,17). The molecule has 0 aliphatic rings. The molecule has 0 heterocycles. The van der Waals surface area contributed by atoms with Crippen LogP contribution in [0.2, 0.25) is 0 Å². The SMILES string of the molecule is NCCNC(=O)CCCS(=S)CCC(=O)NCCN. The first-order valence-electron chi connectivity index (χ1n) is 6.38. The summed E-state index contributed by atoms with van der Waals surface area (Å²) < 4.78 is 0. The van der Waals surface area contributed by atoms with Gasteiger partial charge in [0.15, 0.2) is 0 Å². The molecule has 0 bridgehead atoms. The molecule has 1 atom stereocenters. The van der Waals surface area contributed by atoms with Gasteiger partial charge in [-0.3, -0.25) is 9.59 Å². The van der Waals surface area contributed by atoms with Crippen LogP contribution in [-0.2, 0) is 30.2 Å². The van der Waals surface area contributed by atoms with Crippen LogP contribution in [0.4, 0.5) is 0 Å². The van der Waals surface area contributed by atoms with Crippen LogP contribution in [0.15, 0.2) is 0 Å². The molecule has 112 valence electrons. The second-order valence-electron chi connectivity index (χ2n) is 3.98. The topological polar surface area (TPSA) is 110 Å². The van der Waals surface area contributed by atoms with Gasteiger partial charge >= 0.3 is 0 Å². The highest BCUT2D eigenvalue weighted by molar-refractivity contribution is 8.28. The molecule has 0 aromatic rings. The molecule has 6 nitrogen and oxygen atoms in total. The Morgan fingerprint density at radius 2 is 1.47 bits per heavy atom. The van der Waals surface area contributed by atoms with E-state index in [-0.39, 0.29) is 21.3 Å². The molecule has 2 amide bonds. The van der Waals surface area contributed by atoms with Crippen molar-refractivity contribution in [2.24, 2.45) is 11.5 Å². The Hall–Kier alpha value is -0.570. The lowest BCUT2D eigenvalue weighted by atomic mass is 10.3. The number of amides is 2. The second kappa shape index (κ2) is 12.5. The van der Waals surface area contributed by atoms with Gasteiger partial charge in [-0.25, -0.2) is 0 Å². The van der Waals surface area contributed by atoms with Crippen LogP contribution in [-0.4, -0.2) is 49.5 Å². The summed E-state index contributed by atoms with van der Waals surface area (Å²) in [5, 5.41) is 5.41. The molecule has 6 N–H and O–H groups in total. The lowest BCUT2D eigenvalue weighted by molar-refractivity contribution is -0.121. The smallest absolute Gasteiger partial charge is 0.220 e. The third-order valence-corrected chi connectivity index (χ3v) is 4.67. The number of rotatable bonds is 11. The molecule has 0 aliphatic carbocycles. The van der Waals surface area contributed by atoms with Crippen molar-refractivity contribution < 1.29 is 9.59 Å². The lowest BCUT2D eigenvalue weighted by Crippen LogP contribution is -2.30. The molecular weight excluding hydrogens is 284 g/mol. The normalized spacial score (nSPS) is 11.9. The van der Waals surface area contributed by atoms with E-state index in [4.69, 9.17) is 22.7 Å². The molecule has 8 heteroatoms. The summed E-state index contributed by atoms with van der Waals surface area (Å²) >= 11 is 5.28. The van der Waals surface area contributed by atoms with E-state index in [2.05, 4.69) is 10.6 Å². The zero-order valence-electron chi connectivity index (χ0n) is 11.2. The van der Waals surface area contributed by atoms with E-state index in [0.717, 1.165) is 12.2 Å². The molecule has 0 aromatic carbocycles. The van der Waals surface area contributed by atoms with Gasteiger partial charge in [0.05, 0.1) is 0 Å². The van der Waals surface area contributed by atoms with Crippen LogP contribution in [0.1, 0.15) is 19.3 Å². The third-order valence-electron chi connectivity index (χ3n) is 2.27. The monoisotopic (exact) mass is 308 g/mol. The number of carbonyl (C=O) groups excluding carboxylic acids is 2. The first-order valence-corrected chi connectivity index (χ1v) is 8.87. The Kier molecular flexibility index (Phi) is 12.1. The van der Waals surface area contributed by atoms with Gasteiger partial charge in [-0.15, -0.1) is 9.45 Å². The van der Waals surface area contributed by atoms with Gasteiger partial charge in [0.25, 0.3) is 0 Å². The van der Waals surface area contributed by atoms with Crippen molar-refractivity contribution in [1.29, 1.82) is 0 Å². The van der Waals surface area contributed by atoms with E-state index in [9.17, 15) is 9.59 Å². The minimum atomic E-state index is -0.232. The Labute approximate surface area is 121 Å². The lowest BCUT2D eigenvalue weighted by Gasteiger charge is -2.06. The molecule has 0 spiro atoms. The van der Waals surface area contributed by atoms with Crippen LogP contribution in [0.5, 0.6) is 0 Å². The van der Waals surface area contributed by atoms with Gasteiger partial charge < -0.3 is 22.1 Å². The fraction of sp³-hybridized carbons (Fsp3) is 0.818. The quantitative estimate of drug-likeness (QED) is 0.367. The van der Waals surface area contributed by atoms with Crippen molar-refractivity contribution in [1.82, 2.24) is 10.6 Å². The molecule has 0 aromatic heterocycles. The maximum Gasteiger partial charge on any atom is 0.220 e. The molecule has 0 saturated heterocycles. The van der Waals surface area contributed by atoms with E-state index in [1.54, 1.807) is 0 Å². The highest BCUT2D eigenvalue weighted by Gasteiger charge is 2.04. The summed E-state index contributed by atoms with van der Waals surface area (Å²) in [5.74, 6) is 1.50. The van der Waals surface area contributed by atoms with Gasteiger partial charge in [-0.05, 0) is 12.2 Å². The third kappa shape index (κ3) is 12.2. The summed E-state index contributed by atoms with van der Waals surface area (Å²) in [6.07, 6.45) is 1.67. The molecule has 0 radical (unpaired) electrons. The maximum atomic E-state index is 11.3. The molecule has 19 heavy (non-hydrogen) atoms. The van der Waals surface area contributed by atoms with E-state index >= 15 is 0 Å². The fourth-order valence-corrected chi connectivity index (χ4v) is 2.99. The highest BCUT2D eigenvalue weighted by Crippen LogP contribution is 1.96. The average molecular weight is 308 g/mol. The Morgan fingerprint density at radius 3 is 2.00 bits per heavy atom. The van der Waals surface area contributed by atoms with Gasteiger partial charge in [0.2, 0.25) is 11.8 Å². The average Bonchev–Trinajstić information content (AvgIpc) is 2.40. The van der Waals surface area contributed by atoms with E-state index in [1.165, 1.54) is 0 Å². The second-order valence-corrected chi connectivity index (χ2v) is 7.09. The summed E-state index contributed by atoms with van der Waals surface area (Å²) in [6, 6.07) is 0. The van der Waals surface area contributed by atoms with Crippen LogP contribution < -0.4 is 22.1 Å². The molecule has 0 fully saturated rings. The van der Waals surface area contributed by atoms with Crippen LogP contribution >= 0.6 is 0 Å². The van der Waals surface area contributed by atoms with E-state index < -0.39 is 0 Å². The van der Waals surface area contributed by atoms with Gasteiger partial charge in [0, 0.05) is 44.8 Å². The molecule has 0 saturated carbocycles. The molecular formula is C11H24N4O2S2. The Morgan fingerprint density at radius 1 is 0.947 bits per heavy atom. The molecule has 0 rings (SSSR count). The Balaban J connectivity index is 3.54. The number of nitrogens with two attached hydrogens (primary N) is 2. The minimum absolute atomic E-state index is 0.00603. The summed E-state index contributed by atoms with van der Waals surface area (Å²) in [7, 11) is -0.232. The summed E-state index contributed by atoms with van der Waals surface area (Å²) in [6.45, 7) is 1.92. The first kappa shape index (κ1) is 18.4. The Bertz CT molecular complexity index is 300. The predicted molar refractivity (Wildman–Crippen MR) is 82.4 cm³/mol. The van der Waals surface area contributed by atoms with Gasteiger partial charge in [-0.2, -0.15) is 0 Å². The van der Waals surface area contributed by atoms with Crippen LogP contribution in [0.3, 0.4) is 0 Å². The number of nitrogens with one attached hydrogen (secondary N) is 2. The van der Waals surface area contributed by atoms with E-state index in [0.29, 0.717) is 44.8 Å². The number of hydrogen-bond acceptors (Lipinski definition) is 5. The van der Waals surface area contributed by atoms with Crippen molar-refractivity contribution >= 4 is 32.5 Å². The highest BCUT2D eigenvalue weighted by atomic mass is 32.8. The zero-order valence-corrected chi connectivity index (χ0v) is 12.8. The van der Waals surface area contributed by atoms with Crippen molar-refractivity contribution in [3.63, 3.8) is 0 Å². The first-order chi connectivity index (χ1) is 9.10.